The highest BCUT2D eigenvalue weighted by Gasteiger charge is 2.29. The van der Waals surface area contributed by atoms with Crippen molar-refractivity contribution in [3.05, 3.63) is 12.3 Å². The SMILES string of the molecule is COC1CC(=O)NC1=O.COC=CC(=O)O. The number of carboxylic acid groups (broad SMARTS) is 1. The molecule has 1 saturated heterocycles. The molecule has 16 heavy (non-hydrogen) atoms. The van der Waals surface area contributed by atoms with E-state index in [2.05, 4.69) is 14.8 Å². The number of ether oxygens (including phenoxy) is 2. The number of rotatable bonds is 3. The number of amides is 2. The second-order valence-corrected chi connectivity index (χ2v) is 2.72. The van der Waals surface area contributed by atoms with Gasteiger partial charge in [0.25, 0.3) is 5.91 Å². The average Bonchev–Trinajstić information content (AvgIpc) is 2.55. The zero-order chi connectivity index (χ0) is 12.6. The molecule has 1 fully saturated rings. The Balaban J connectivity index is 0.000000293. The molecule has 0 spiro atoms. The van der Waals surface area contributed by atoms with Crippen LogP contribution in [-0.4, -0.2) is 43.2 Å². The third kappa shape index (κ3) is 5.76. The second kappa shape index (κ2) is 7.41. The third-order valence-corrected chi connectivity index (χ3v) is 1.56. The predicted octanol–water partition coefficient (Wildman–Crippen LogP) is -0.721. The van der Waals surface area contributed by atoms with Gasteiger partial charge in [0, 0.05) is 7.11 Å². The Bertz CT molecular complexity index is 298. The van der Waals surface area contributed by atoms with Gasteiger partial charge in [0.15, 0.2) is 0 Å². The highest BCUT2D eigenvalue weighted by atomic mass is 16.5. The van der Waals surface area contributed by atoms with Crippen LogP contribution in [0, 0.1) is 0 Å². The Morgan fingerprint density at radius 3 is 2.31 bits per heavy atom. The molecule has 0 aliphatic carbocycles. The minimum absolute atomic E-state index is 0.162. The number of hydrogen-bond donors (Lipinski definition) is 2. The Hall–Kier alpha value is -1.89. The fourth-order valence-corrected chi connectivity index (χ4v) is 0.847. The van der Waals surface area contributed by atoms with Crippen molar-refractivity contribution < 1.29 is 29.0 Å². The molecule has 0 radical (unpaired) electrons. The van der Waals surface area contributed by atoms with E-state index in [4.69, 9.17) is 5.11 Å². The van der Waals surface area contributed by atoms with E-state index in [1.165, 1.54) is 14.2 Å². The molecule has 0 aromatic heterocycles. The van der Waals surface area contributed by atoms with Gasteiger partial charge in [-0.3, -0.25) is 14.9 Å². The first-order valence-electron chi connectivity index (χ1n) is 4.30. The minimum Gasteiger partial charge on any atom is -0.504 e. The lowest BCUT2D eigenvalue weighted by Crippen LogP contribution is -2.25. The van der Waals surface area contributed by atoms with Gasteiger partial charge in [-0.05, 0) is 0 Å². The number of imide groups is 1. The lowest BCUT2D eigenvalue weighted by molar-refractivity contribution is -0.131. The lowest BCUT2D eigenvalue weighted by atomic mass is 10.3. The third-order valence-electron chi connectivity index (χ3n) is 1.56. The molecule has 1 rings (SSSR count). The van der Waals surface area contributed by atoms with Gasteiger partial charge in [-0.1, -0.05) is 0 Å². The molecule has 1 aliphatic rings. The molecule has 1 unspecified atom stereocenters. The van der Waals surface area contributed by atoms with Crippen LogP contribution < -0.4 is 5.32 Å². The Morgan fingerprint density at radius 1 is 1.50 bits per heavy atom. The van der Waals surface area contributed by atoms with Crippen LogP contribution in [0.3, 0.4) is 0 Å². The van der Waals surface area contributed by atoms with E-state index in [-0.39, 0.29) is 18.2 Å². The molecule has 1 aliphatic heterocycles. The van der Waals surface area contributed by atoms with Crippen molar-refractivity contribution in [1.82, 2.24) is 5.32 Å². The smallest absolute Gasteiger partial charge is 0.331 e. The number of methoxy groups -OCH3 is 2. The standard InChI is InChI=1S/C5H7NO3.C4H6O3/c1-9-3-2-4(7)6-5(3)8;1-7-3-2-4(5)6/h3H,2H2,1H3,(H,6,7,8);2-3H,1H3,(H,5,6). The second-order valence-electron chi connectivity index (χ2n) is 2.72. The highest BCUT2D eigenvalue weighted by Crippen LogP contribution is 2.03. The monoisotopic (exact) mass is 231 g/mol. The van der Waals surface area contributed by atoms with Crippen LogP contribution in [0.1, 0.15) is 6.42 Å². The predicted molar refractivity (Wildman–Crippen MR) is 52.3 cm³/mol. The molecule has 1 atom stereocenters. The summed E-state index contributed by atoms with van der Waals surface area (Å²) in [6.07, 6.45) is 1.62. The van der Waals surface area contributed by atoms with Crippen molar-refractivity contribution in [2.24, 2.45) is 0 Å². The maximum absolute atomic E-state index is 10.6. The summed E-state index contributed by atoms with van der Waals surface area (Å²) in [5.41, 5.74) is 0. The van der Waals surface area contributed by atoms with Gasteiger partial charge in [0.05, 0.1) is 25.9 Å². The van der Waals surface area contributed by atoms with E-state index < -0.39 is 12.1 Å². The van der Waals surface area contributed by atoms with E-state index in [1.807, 2.05) is 0 Å². The van der Waals surface area contributed by atoms with Gasteiger partial charge < -0.3 is 14.6 Å². The van der Waals surface area contributed by atoms with Gasteiger partial charge in [0.2, 0.25) is 5.91 Å². The molecule has 0 saturated carbocycles. The topological polar surface area (TPSA) is 102 Å². The first-order chi connectivity index (χ1) is 7.51. The summed E-state index contributed by atoms with van der Waals surface area (Å²) in [6, 6.07) is 0. The number of nitrogens with one attached hydrogen (secondary N) is 1. The molecule has 2 amide bonds. The van der Waals surface area contributed by atoms with Crippen LogP contribution >= 0.6 is 0 Å². The van der Waals surface area contributed by atoms with E-state index in [0.29, 0.717) is 0 Å². The van der Waals surface area contributed by atoms with Crippen LogP contribution in [0.5, 0.6) is 0 Å². The van der Waals surface area contributed by atoms with Gasteiger partial charge in [-0.15, -0.1) is 0 Å². The molecule has 1 heterocycles. The normalized spacial score (nSPS) is 19.0. The zero-order valence-corrected chi connectivity index (χ0v) is 8.93. The molecular formula is C9H13NO6. The van der Waals surface area contributed by atoms with Gasteiger partial charge in [-0.2, -0.15) is 0 Å². The van der Waals surface area contributed by atoms with Crippen molar-refractivity contribution in [2.75, 3.05) is 14.2 Å². The van der Waals surface area contributed by atoms with Gasteiger partial charge in [-0.25, -0.2) is 4.79 Å². The lowest BCUT2D eigenvalue weighted by Gasteiger charge is -1.98. The van der Waals surface area contributed by atoms with Crippen LogP contribution in [0.4, 0.5) is 0 Å². The molecule has 0 bridgehead atoms. The Morgan fingerprint density at radius 2 is 2.12 bits per heavy atom. The van der Waals surface area contributed by atoms with Crippen LogP contribution in [0.25, 0.3) is 0 Å². The molecule has 7 heteroatoms. The van der Waals surface area contributed by atoms with Crippen LogP contribution in [0.15, 0.2) is 12.3 Å². The number of carboxylic acids is 1. The molecular weight excluding hydrogens is 218 g/mol. The van der Waals surface area contributed by atoms with Crippen LogP contribution in [0.2, 0.25) is 0 Å². The van der Waals surface area contributed by atoms with E-state index >= 15 is 0 Å². The largest absolute Gasteiger partial charge is 0.504 e. The van der Waals surface area contributed by atoms with Crippen molar-refractivity contribution >= 4 is 17.8 Å². The van der Waals surface area contributed by atoms with Crippen molar-refractivity contribution in [2.45, 2.75) is 12.5 Å². The maximum Gasteiger partial charge on any atom is 0.331 e. The summed E-state index contributed by atoms with van der Waals surface area (Å²) in [4.78, 5) is 30.6. The summed E-state index contributed by atoms with van der Waals surface area (Å²) in [5, 5.41) is 9.99. The first-order valence-corrected chi connectivity index (χ1v) is 4.30. The summed E-state index contributed by atoms with van der Waals surface area (Å²) >= 11 is 0. The number of carbonyl (C=O) groups excluding carboxylic acids is 2. The zero-order valence-electron chi connectivity index (χ0n) is 8.93. The van der Waals surface area contributed by atoms with E-state index in [9.17, 15) is 14.4 Å². The van der Waals surface area contributed by atoms with Gasteiger partial charge in [0.1, 0.15) is 6.10 Å². The number of hydrogen-bond acceptors (Lipinski definition) is 5. The molecule has 2 N–H and O–H groups in total. The van der Waals surface area contributed by atoms with E-state index in [1.54, 1.807) is 0 Å². The van der Waals surface area contributed by atoms with E-state index in [0.717, 1.165) is 12.3 Å². The quantitative estimate of drug-likeness (QED) is 0.377. The Kier molecular flexibility index (Phi) is 6.53. The highest BCUT2D eigenvalue weighted by molar-refractivity contribution is 6.04. The summed E-state index contributed by atoms with van der Waals surface area (Å²) in [6.45, 7) is 0. The number of carbonyl (C=O) groups is 3. The fraction of sp³-hybridized carbons (Fsp3) is 0.444. The van der Waals surface area contributed by atoms with Crippen molar-refractivity contribution in [3.8, 4) is 0 Å². The maximum atomic E-state index is 10.6. The Labute approximate surface area is 92.0 Å². The van der Waals surface area contributed by atoms with Crippen molar-refractivity contribution in [3.63, 3.8) is 0 Å². The molecule has 0 aromatic rings. The summed E-state index contributed by atoms with van der Waals surface area (Å²) in [5.74, 6) is -1.59. The molecule has 0 aromatic carbocycles. The number of aliphatic carboxylic acids is 1. The molecule has 7 nitrogen and oxygen atoms in total. The summed E-state index contributed by atoms with van der Waals surface area (Å²) < 4.78 is 8.95. The van der Waals surface area contributed by atoms with Gasteiger partial charge >= 0.3 is 5.97 Å². The molecule has 90 valence electrons. The minimum atomic E-state index is -0.998. The summed E-state index contributed by atoms with van der Waals surface area (Å²) in [7, 11) is 2.79. The average molecular weight is 231 g/mol. The first kappa shape index (κ1) is 14.1. The van der Waals surface area contributed by atoms with Crippen molar-refractivity contribution in [1.29, 1.82) is 0 Å². The fourth-order valence-electron chi connectivity index (χ4n) is 0.847. The van der Waals surface area contributed by atoms with Crippen LogP contribution in [-0.2, 0) is 23.9 Å².